The Labute approximate surface area is 144 Å². The summed E-state index contributed by atoms with van der Waals surface area (Å²) in [6, 6.07) is 13.9. The second kappa shape index (κ2) is 6.76. The van der Waals surface area contributed by atoms with Gasteiger partial charge in [0, 0.05) is 0 Å². The summed E-state index contributed by atoms with van der Waals surface area (Å²) in [5.41, 5.74) is 8.57. The maximum Gasteiger partial charge on any atom is 0.123 e. The largest absolute Gasteiger partial charge is 0.207 e. The van der Waals surface area contributed by atoms with E-state index in [0.29, 0.717) is 5.92 Å². The second-order valence-electron chi connectivity index (χ2n) is 6.92. The molecule has 0 heterocycles. The number of rotatable bonds is 4. The van der Waals surface area contributed by atoms with Gasteiger partial charge in [-0.1, -0.05) is 57.5 Å². The maximum atomic E-state index is 13.7. The second-order valence-corrected chi connectivity index (χ2v) is 6.92. The molecule has 24 heavy (non-hydrogen) atoms. The molecule has 0 fully saturated rings. The molecule has 124 valence electrons. The van der Waals surface area contributed by atoms with Crippen molar-refractivity contribution in [1.29, 1.82) is 0 Å². The zero-order valence-electron chi connectivity index (χ0n) is 15.0. The van der Waals surface area contributed by atoms with Crippen LogP contribution in [-0.2, 0) is 0 Å². The SMILES string of the molecule is CCCC1=C(C)/C(=C/c2ccc(C(C)C)cc2)c2ccc(F)cc21. The van der Waals surface area contributed by atoms with Gasteiger partial charge in [0.1, 0.15) is 5.82 Å². The topological polar surface area (TPSA) is 0 Å². The van der Waals surface area contributed by atoms with Crippen molar-refractivity contribution in [2.24, 2.45) is 0 Å². The number of halogens is 1. The predicted octanol–water partition coefficient (Wildman–Crippen LogP) is 7.08. The highest BCUT2D eigenvalue weighted by molar-refractivity contribution is 6.05. The third-order valence-electron chi connectivity index (χ3n) is 4.87. The van der Waals surface area contributed by atoms with Crippen molar-refractivity contribution in [3.8, 4) is 0 Å². The molecule has 0 atom stereocenters. The molecular formula is C23H25F. The Morgan fingerprint density at radius 3 is 2.33 bits per heavy atom. The van der Waals surface area contributed by atoms with Crippen molar-refractivity contribution >= 4 is 17.2 Å². The van der Waals surface area contributed by atoms with Crippen LogP contribution in [0.15, 0.2) is 48.0 Å². The summed E-state index contributed by atoms with van der Waals surface area (Å²) in [7, 11) is 0. The summed E-state index contributed by atoms with van der Waals surface area (Å²) in [6.45, 7) is 8.75. The van der Waals surface area contributed by atoms with E-state index in [-0.39, 0.29) is 5.82 Å². The Bertz CT molecular complexity index is 804. The van der Waals surface area contributed by atoms with Crippen molar-refractivity contribution < 1.29 is 4.39 Å². The quantitative estimate of drug-likeness (QED) is 0.564. The van der Waals surface area contributed by atoms with E-state index in [4.69, 9.17) is 0 Å². The molecule has 0 spiro atoms. The Balaban J connectivity index is 2.07. The van der Waals surface area contributed by atoms with Crippen LogP contribution >= 0.6 is 0 Å². The van der Waals surface area contributed by atoms with Gasteiger partial charge in [-0.2, -0.15) is 0 Å². The molecule has 0 saturated heterocycles. The van der Waals surface area contributed by atoms with Gasteiger partial charge in [-0.25, -0.2) is 4.39 Å². The monoisotopic (exact) mass is 320 g/mol. The number of hydrogen-bond donors (Lipinski definition) is 0. The highest BCUT2D eigenvalue weighted by atomic mass is 19.1. The van der Waals surface area contributed by atoms with E-state index in [1.807, 2.05) is 6.07 Å². The van der Waals surface area contributed by atoms with Crippen LogP contribution in [0.5, 0.6) is 0 Å². The van der Waals surface area contributed by atoms with Gasteiger partial charge < -0.3 is 0 Å². The van der Waals surface area contributed by atoms with Gasteiger partial charge >= 0.3 is 0 Å². The number of fused-ring (bicyclic) bond motifs is 1. The van der Waals surface area contributed by atoms with Crippen LogP contribution in [0, 0.1) is 5.82 Å². The van der Waals surface area contributed by atoms with Gasteiger partial charge in [-0.15, -0.1) is 0 Å². The average molecular weight is 320 g/mol. The molecule has 1 aliphatic rings. The van der Waals surface area contributed by atoms with E-state index in [0.717, 1.165) is 24.0 Å². The molecule has 0 N–H and O–H groups in total. The number of hydrogen-bond acceptors (Lipinski definition) is 0. The normalized spacial score (nSPS) is 15.5. The van der Waals surface area contributed by atoms with Crippen LogP contribution < -0.4 is 0 Å². The summed E-state index contributed by atoms with van der Waals surface area (Å²) in [5.74, 6) is 0.386. The molecule has 1 heteroatoms. The Morgan fingerprint density at radius 2 is 1.71 bits per heavy atom. The molecule has 0 aliphatic heterocycles. The summed E-state index contributed by atoms with van der Waals surface area (Å²) >= 11 is 0. The minimum atomic E-state index is -0.155. The molecule has 0 amide bonds. The van der Waals surface area contributed by atoms with Crippen molar-refractivity contribution in [1.82, 2.24) is 0 Å². The standard InChI is InChI=1S/C23H25F/c1-5-6-20-16(4)22(21-12-11-19(24)14-23(20)21)13-17-7-9-18(10-8-17)15(2)3/h7-15H,5-6H2,1-4H3/b22-13-. The highest BCUT2D eigenvalue weighted by Gasteiger charge is 2.23. The van der Waals surface area contributed by atoms with Crippen molar-refractivity contribution in [3.63, 3.8) is 0 Å². The highest BCUT2D eigenvalue weighted by Crippen LogP contribution is 2.44. The summed E-state index contributed by atoms with van der Waals surface area (Å²) in [6.07, 6.45) is 4.30. The molecule has 3 rings (SSSR count). The fraction of sp³-hybridized carbons (Fsp3) is 0.304. The van der Waals surface area contributed by atoms with Crippen LogP contribution in [-0.4, -0.2) is 0 Å². The van der Waals surface area contributed by atoms with Crippen molar-refractivity contribution in [2.45, 2.75) is 46.5 Å². The molecule has 0 unspecified atom stereocenters. The minimum absolute atomic E-state index is 0.155. The Morgan fingerprint density at radius 1 is 1.00 bits per heavy atom. The lowest BCUT2D eigenvalue weighted by molar-refractivity contribution is 0.627. The van der Waals surface area contributed by atoms with Crippen LogP contribution in [0.3, 0.4) is 0 Å². The van der Waals surface area contributed by atoms with Gasteiger partial charge in [-0.3, -0.25) is 0 Å². The molecule has 0 aromatic heterocycles. The van der Waals surface area contributed by atoms with Gasteiger partial charge in [0.25, 0.3) is 0 Å². The van der Waals surface area contributed by atoms with Crippen LogP contribution in [0.4, 0.5) is 4.39 Å². The lowest BCUT2D eigenvalue weighted by atomic mass is 9.98. The third kappa shape index (κ3) is 3.08. The van der Waals surface area contributed by atoms with Gasteiger partial charge in [0.2, 0.25) is 0 Å². The first kappa shape index (κ1) is 16.7. The average Bonchev–Trinajstić information content (AvgIpc) is 2.81. The molecular weight excluding hydrogens is 295 g/mol. The third-order valence-corrected chi connectivity index (χ3v) is 4.87. The molecule has 0 nitrogen and oxygen atoms in total. The van der Waals surface area contributed by atoms with E-state index in [9.17, 15) is 4.39 Å². The molecule has 0 radical (unpaired) electrons. The number of allylic oxidation sites excluding steroid dienone is 3. The van der Waals surface area contributed by atoms with Gasteiger partial charge in [0.15, 0.2) is 0 Å². The molecule has 0 saturated carbocycles. The van der Waals surface area contributed by atoms with Crippen molar-refractivity contribution in [3.05, 3.63) is 76.1 Å². The van der Waals surface area contributed by atoms with E-state index in [1.54, 1.807) is 12.1 Å². The molecule has 1 aliphatic carbocycles. The zero-order valence-corrected chi connectivity index (χ0v) is 15.0. The first-order valence-electron chi connectivity index (χ1n) is 8.83. The van der Waals surface area contributed by atoms with Crippen LogP contribution in [0.2, 0.25) is 0 Å². The summed E-state index contributed by atoms with van der Waals surface area (Å²) in [4.78, 5) is 0. The van der Waals surface area contributed by atoms with Gasteiger partial charge in [-0.05, 0) is 76.4 Å². The molecule has 0 bridgehead atoms. The lowest BCUT2D eigenvalue weighted by Crippen LogP contribution is -1.88. The van der Waals surface area contributed by atoms with E-state index in [2.05, 4.69) is 58.0 Å². The number of benzene rings is 2. The van der Waals surface area contributed by atoms with Gasteiger partial charge in [0.05, 0.1) is 0 Å². The summed E-state index contributed by atoms with van der Waals surface area (Å²) < 4.78 is 13.7. The van der Waals surface area contributed by atoms with E-state index >= 15 is 0 Å². The summed E-state index contributed by atoms with van der Waals surface area (Å²) in [5, 5.41) is 0. The first-order chi connectivity index (χ1) is 11.5. The van der Waals surface area contributed by atoms with E-state index < -0.39 is 0 Å². The smallest absolute Gasteiger partial charge is 0.123 e. The van der Waals surface area contributed by atoms with Crippen molar-refractivity contribution in [2.75, 3.05) is 0 Å². The minimum Gasteiger partial charge on any atom is -0.207 e. The van der Waals surface area contributed by atoms with Crippen LogP contribution in [0.25, 0.3) is 17.2 Å². The Hall–Kier alpha value is -2.15. The Kier molecular flexibility index (Phi) is 4.71. The zero-order chi connectivity index (χ0) is 17.3. The molecule has 2 aromatic carbocycles. The maximum absolute atomic E-state index is 13.7. The fourth-order valence-electron chi connectivity index (χ4n) is 3.47. The molecule has 2 aromatic rings. The van der Waals surface area contributed by atoms with Crippen LogP contribution in [0.1, 0.15) is 68.7 Å². The predicted molar refractivity (Wildman–Crippen MR) is 102 cm³/mol. The van der Waals surface area contributed by atoms with E-state index in [1.165, 1.54) is 27.8 Å². The lowest BCUT2D eigenvalue weighted by Gasteiger charge is -2.07. The fourth-order valence-corrected chi connectivity index (χ4v) is 3.47. The first-order valence-corrected chi connectivity index (χ1v) is 8.83.